The molecule has 118 valence electrons. The van der Waals surface area contributed by atoms with Crippen molar-refractivity contribution in [2.45, 2.75) is 37.5 Å². The van der Waals surface area contributed by atoms with E-state index in [1.54, 1.807) is 13.0 Å². The highest BCUT2D eigenvalue weighted by Crippen LogP contribution is 2.26. The van der Waals surface area contributed by atoms with Crippen molar-refractivity contribution in [3.63, 3.8) is 0 Å². The van der Waals surface area contributed by atoms with Crippen LogP contribution in [0.25, 0.3) is 0 Å². The maximum absolute atomic E-state index is 12.2. The topological polar surface area (TPSA) is 60.4 Å². The molecule has 0 radical (unpaired) electrons. The standard InChI is InChI=1S/C14H18Cl2O4S/c1-2-20-14(17)6-4-3-5-9-21(18,19)13-10-11(15)7-8-12(13)16/h7-8,10H,2-6,9H2,1H3. The zero-order chi connectivity index (χ0) is 15.9. The number of halogens is 2. The van der Waals surface area contributed by atoms with Gasteiger partial charge in [-0.15, -0.1) is 0 Å². The molecule has 0 saturated heterocycles. The maximum Gasteiger partial charge on any atom is 0.305 e. The van der Waals surface area contributed by atoms with Gasteiger partial charge in [0.25, 0.3) is 0 Å². The molecule has 7 heteroatoms. The lowest BCUT2D eigenvalue weighted by atomic mass is 10.2. The van der Waals surface area contributed by atoms with Gasteiger partial charge in [-0.1, -0.05) is 29.6 Å². The SMILES string of the molecule is CCOC(=O)CCCCCS(=O)(=O)c1cc(Cl)ccc1Cl. The smallest absolute Gasteiger partial charge is 0.305 e. The molecule has 1 rings (SSSR count). The molecule has 0 aromatic heterocycles. The van der Waals surface area contributed by atoms with E-state index >= 15 is 0 Å². The van der Waals surface area contributed by atoms with Crippen molar-refractivity contribution in [2.75, 3.05) is 12.4 Å². The van der Waals surface area contributed by atoms with Gasteiger partial charge in [0.1, 0.15) is 0 Å². The number of carbonyl (C=O) groups excluding carboxylic acids is 1. The first-order valence-corrected chi connectivity index (χ1v) is 9.11. The molecular weight excluding hydrogens is 335 g/mol. The summed E-state index contributed by atoms with van der Waals surface area (Å²) in [5.74, 6) is -0.270. The van der Waals surface area contributed by atoms with Crippen LogP contribution in [0.4, 0.5) is 0 Å². The van der Waals surface area contributed by atoms with Crippen molar-refractivity contribution in [3.05, 3.63) is 28.2 Å². The first kappa shape index (κ1) is 18.3. The van der Waals surface area contributed by atoms with Gasteiger partial charge in [0.15, 0.2) is 9.84 Å². The fraction of sp³-hybridized carbons (Fsp3) is 0.500. The number of hydrogen-bond donors (Lipinski definition) is 0. The van der Waals surface area contributed by atoms with Gasteiger partial charge in [0, 0.05) is 11.4 Å². The van der Waals surface area contributed by atoms with Crippen molar-refractivity contribution in [2.24, 2.45) is 0 Å². The highest BCUT2D eigenvalue weighted by Gasteiger charge is 2.18. The number of sulfone groups is 1. The lowest BCUT2D eigenvalue weighted by Crippen LogP contribution is -2.08. The predicted molar refractivity (Wildman–Crippen MR) is 83.6 cm³/mol. The van der Waals surface area contributed by atoms with E-state index in [9.17, 15) is 13.2 Å². The summed E-state index contributed by atoms with van der Waals surface area (Å²) in [4.78, 5) is 11.2. The van der Waals surface area contributed by atoms with Crippen LogP contribution in [0.2, 0.25) is 10.0 Å². The van der Waals surface area contributed by atoms with Gasteiger partial charge in [-0.25, -0.2) is 8.42 Å². The lowest BCUT2D eigenvalue weighted by Gasteiger charge is -2.07. The van der Waals surface area contributed by atoms with Crippen LogP contribution in [-0.2, 0) is 19.4 Å². The fourth-order valence-electron chi connectivity index (χ4n) is 1.80. The summed E-state index contributed by atoms with van der Waals surface area (Å²) in [5.41, 5.74) is 0. The summed E-state index contributed by atoms with van der Waals surface area (Å²) in [6, 6.07) is 4.37. The van der Waals surface area contributed by atoms with Crippen LogP contribution in [0, 0.1) is 0 Å². The van der Waals surface area contributed by atoms with Crippen LogP contribution in [0.1, 0.15) is 32.6 Å². The number of benzene rings is 1. The third-order valence-corrected chi connectivity index (χ3v) is 5.34. The molecule has 4 nitrogen and oxygen atoms in total. The molecule has 0 N–H and O–H groups in total. The van der Waals surface area contributed by atoms with Crippen molar-refractivity contribution in [1.82, 2.24) is 0 Å². The average Bonchev–Trinajstić information content (AvgIpc) is 2.41. The van der Waals surface area contributed by atoms with Gasteiger partial charge in [0.2, 0.25) is 0 Å². The Labute approximate surface area is 135 Å². The van der Waals surface area contributed by atoms with Crippen LogP contribution in [0.3, 0.4) is 0 Å². The van der Waals surface area contributed by atoms with Crippen molar-refractivity contribution in [1.29, 1.82) is 0 Å². The number of unbranched alkanes of at least 4 members (excludes halogenated alkanes) is 2. The Morgan fingerprint density at radius 2 is 1.90 bits per heavy atom. The van der Waals surface area contributed by atoms with E-state index in [1.165, 1.54) is 12.1 Å². The molecule has 0 heterocycles. The van der Waals surface area contributed by atoms with E-state index in [-0.39, 0.29) is 21.6 Å². The number of esters is 1. The number of carbonyl (C=O) groups is 1. The first-order valence-electron chi connectivity index (χ1n) is 6.70. The normalized spacial score (nSPS) is 11.4. The minimum absolute atomic E-state index is 0.0180. The van der Waals surface area contributed by atoms with E-state index < -0.39 is 9.84 Å². The van der Waals surface area contributed by atoms with Crippen molar-refractivity contribution >= 4 is 39.0 Å². The van der Waals surface area contributed by atoms with E-state index in [0.717, 1.165) is 0 Å². The lowest BCUT2D eigenvalue weighted by molar-refractivity contribution is -0.143. The van der Waals surface area contributed by atoms with Crippen LogP contribution in [0.5, 0.6) is 0 Å². The van der Waals surface area contributed by atoms with Gasteiger partial charge in [-0.2, -0.15) is 0 Å². The second-order valence-corrected chi connectivity index (χ2v) is 7.43. The molecular formula is C14H18Cl2O4S. The Morgan fingerprint density at radius 3 is 2.57 bits per heavy atom. The monoisotopic (exact) mass is 352 g/mol. The summed E-state index contributed by atoms with van der Waals surface area (Å²) in [5, 5.41) is 0.506. The molecule has 0 aliphatic rings. The van der Waals surface area contributed by atoms with Gasteiger partial charge in [-0.05, 0) is 38.0 Å². The highest BCUT2D eigenvalue weighted by atomic mass is 35.5. The Hall–Kier alpha value is -0.780. The van der Waals surface area contributed by atoms with Crippen LogP contribution in [0.15, 0.2) is 23.1 Å². The summed E-state index contributed by atoms with van der Waals surface area (Å²) in [6.07, 6.45) is 2.02. The third kappa shape index (κ3) is 6.24. The quantitative estimate of drug-likeness (QED) is 0.525. The summed E-state index contributed by atoms with van der Waals surface area (Å²) >= 11 is 11.7. The molecule has 0 bridgehead atoms. The van der Waals surface area contributed by atoms with Crippen LogP contribution >= 0.6 is 23.2 Å². The Morgan fingerprint density at radius 1 is 1.19 bits per heavy atom. The third-order valence-electron chi connectivity index (χ3n) is 2.83. The molecule has 0 saturated carbocycles. The summed E-state index contributed by atoms with van der Waals surface area (Å²) in [7, 11) is -3.46. The zero-order valence-electron chi connectivity index (χ0n) is 11.8. The van der Waals surface area contributed by atoms with Gasteiger partial charge in [-0.3, -0.25) is 4.79 Å². The Bertz CT molecular complexity index is 585. The second kappa shape index (κ2) is 8.61. The van der Waals surface area contributed by atoms with Crippen LogP contribution < -0.4 is 0 Å². The highest BCUT2D eigenvalue weighted by molar-refractivity contribution is 7.91. The van der Waals surface area contributed by atoms with Crippen molar-refractivity contribution < 1.29 is 17.9 Å². The molecule has 1 aromatic rings. The number of hydrogen-bond acceptors (Lipinski definition) is 4. The Kier molecular flexibility index (Phi) is 7.49. The molecule has 21 heavy (non-hydrogen) atoms. The van der Waals surface area contributed by atoms with Gasteiger partial charge >= 0.3 is 5.97 Å². The molecule has 1 aromatic carbocycles. The van der Waals surface area contributed by atoms with Crippen molar-refractivity contribution in [3.8, 4) is 0 Å². The van der Waals surface area contributed by atoms with E-state index in [2.05, 4.69) is 0 Å². The number of ether oxygens (including phenoxy) is 1. The molecule has 0 atom stereocenters. The molecule has 0 fully saturated rings. The molecule has 0 amide bonds. The van der Waals surface area contributed by atoms with Gasteiger partial charge in [0.05, 0.1) is 22.3 Å². The molecule has 0 aliphatic heterocycles. The van der Waals surface area contributed by atoms with Gasteiger partial charge < -0.3 is 4.74 Å². The Balaban J connectivity index is 2.47. The average molecular weight is 353 g/mol. The molecule has 0 spiro atoms. The zero-order valence-corrected chi connectivity index (χ0v) is 14.1. The summed E-state index contributed by atoms with van der Waals surface area (Å²) < 4.78 is 29.1. The second-order valence-electron chi connectivity index (χ2n) is 4.51. The fourth-order valence-corrected chi connectivity index (χ4v) is 3.98. The summed E-state index contributed by atoms with van der Waals surface area (Å²) in [6.45, 7) is 2.11. The van der Waals surface area contributed by atoms with Crippen LogP contribution in [-0.4, -0.2) is 26.7 Å². The largest absolute Gasteiger partial charge is 0.466 e. The predicted octanol–water partition coefficient (Wildman–Crippen LogP) is 3.89. The first-order chi connectivity index (χ1) is 9.86. The number of rotatable bonds is 8. The maximum atomic E-state index is 12.2. The molecule has 0 unspecified atom stereocenters. The minimum Gasteiger partial charge on any atom is -0.466 e. The van der Waals surface area contributed by atoms with E-state index in [4.69, 9.17) is 27.9 Å². The molecule has 0 aliphatic carbocycles. The minimum atomic E-state index is -3.46. The van der Waals surface area contributed by atoms with E-state index in [1.807, 2.05) is 0 Å². The van der Waals surface area contributed by atoms with E-state index in [0.29, 0.717) is 37.3 Å².